The van der Waals surface area contributed by atoms with Gasteiger partial charge in [0.25, 0.3) is 5.91 Å². The molecule has 1 amide bonds. The van der Waals surface area contributed by atoms with Crippen molar-refractivity contribution < 1.29 is 13.2 Å². The Kier molecular flexibility index (Phi) is 4.78. The van der Waals surface area contributed by atoms with E-state index in [0.29, 0.717) is 18.7 Å². The number of rotatable bonds is 5. The van der Waals surface area contributed by atoms with Gasteiger partial charge in [0.1, 0.15) is 0 Å². The summed E-state index contributed by atoms with van der Waals surface area (Å²) >= 11 is 0. The highest BCUT2D eigenvalue weighted by atomic mass is 32.2. The molecule has 0 radical (unpaired) electrons. The minimum atomic E-state index is -3.43. The zero-order chi connectivity index (χ0) is 20.2. The van der Waals surface area contributed by atoms with Crippen LogP contribution >= 0.6 is 0 Å². The third-order valence-corrected chi connectivity index (χ3v) is 10.1. The lowest BCUT2D eigenvalue weighted by molar-refractivity contribution is -0.0688. The van der Waals surface area contributed by atoms with E-state index in [9.17, 15) is 13.2 Å². The van der Waals surface area contributed by atoms with Gasteiger partial charge in [0.2, 0.25) is 10.0 Å². The number of carbonyl (C=O) groups excluding carboxylic acids is 1. The third kappa shape index (κ3) is 3.42. The molecule has 5 aliphatic rings. The molecule has 1 aromatic rings. The molecule has 5 fully saturated rings. The number of amides is 1. The van der Waals surface area contributed by atoms with Crippen molar-refractivity contribution in [2.45, 2.75) is 69.2 Å². The maximum absolute atomic E-state index is 12.9. The van der Waals surface area contributed by atoms with E-state index in [4.69, 9.17) is 0 Å². The fraction of sp³-hybridized carbons (Fsp3) is 0.696. The molecule has 6 rings (SSSR count). The molecule has 1 aliphatic heterocycles. The summed E-state index contributed by atoms with van der Waals surface area (Å²) in [5, 5.41) is 3.27. The first-order chi connectivity index (χ1) is 13.9. The van der Waals surface area contributed by atoms with Crippen LogP contribution in [0, 0.1) is 23.2 Å². The summed E-state index contributed by atoms with van der Waals surface area (Å²) in [5.41, 5.74) is 0.811. The maximum atomic E-state index is 12.9. The average Bonchev–Trinajstić information content (AvgIpc) is 3.23. The molecule has 0 aromatic heterocycles. The van der Waals surface area contributed by atoms with Gasteiger partial charge in [-0.05, 0) is 106 Å². The first kappa shape index (κ1) is 19.6. The van der Waals surface area contributed by atoms with E-state index >= 15 is 0 Å². The Bertz CT molecular complexity index is 852. The van der Waals surface area contributed by atoms with Gasteiger partial charge in [0, 0.05) is 24.7 Å². The Morgan fingerprint density at radius 1 is 1.00 bits per heavy atom. The Morgan fingerprint density at radius 2 is 1.52 bits per heavy atom. The van der Waals surface area contributed by atoms with Crippen molar-refractivity contribution in [2.75, 3.05) is 13.1 Å². The molecule has 4 saturated carbocycles. The summed E-state index contributed by atoms with van der Waals surface area (Å²) in [7, 11) is -3.43. The minimum absolute atomic E-state index is 0.0848. The molecule has 5 nitrogen and oxygen atoms in total. The summed E-state index contributed by atoms with van der Waals surface area (Å²) in [6.45, 7) is 3.36. The quantitative estimate of drug-likeness (QED) is 0.794. The highest BCUT2D eigenvalue weighted by Crippen LogP contribution is 2.61. The van der Waals surface area contributed by atoms with Gasteiger partial charge in [0.15, 0.2) is 0 Å². The van der Waals surface area contributed by atoms with Crippen LogP contribution in [0.5, 0.6) is 0 Å². The zero-order valence-electron chi connectivity index (χ0n) is 17.3. The SMILES string of the molecule is C[C@@H](NC(=O)c1ccc(S(=O)(=O)N2CCCC2)cc1)C12CC3CC(CC(C3)C1)C2. The van der Waals surface area contributed by atoms with Crippen LogP contribution in [-0.4, -0.2) is 37.8 Å². The molecule has 1 heterocycles. The highest BCUT2D eigenvalue weighted by molar-refractivity contribution is 7.89. The Morgan fingerprint density at radius 3 is 2.03 bits per heavy atom. The number of hydrogen-bond donors (Lipinski definition) is 1. The summed E-state index contributed by atoms with van der Waals surface area (Å²) in [5.74, 6) is 2.49. The monoisotopic (exact) mass is 416 g/mol. The van der Waals surface area contributed by atoms with E-state index in [-0.39, 0.29) is 22.3 Å². The molecule has 1 aromatic carbocycles. The van der Waals surface area contributed by atoms with E-state index in [1.165, 1.54) is 42.8 Å². The predicted octanol–water partition coefficient (Wildman–Crippen LogP) is 3.81. The lowest BCUT2D eigenvalue weighted by Gasteiger charge is -2.59. The van der Waals surface area contributed by atoms with Gasteiger partial charge < -0.3 is 5.32 Å². The lowest BCUT2D eigenvalue weighted by Crippen LogP contribution is -2.55. The fourth-order valence-electron chi connectivity index (χ4n) is 7.00. The summed E-state index contributed by atoms with van der Waals surface area (Å²) in [6.07, 6.45) is 9.80. The van der Waals surface area contributed by atoms with Crippen LogP contribution in [0.3, 0.4) is 0 Å². The first-order valence-electron chi connectivity index (χ1n) is 11.3. The van der Waals surface area contributed by atoms with Crippen molar-refractivity contribution in [2.24, 2.45) is 23.2 Å². The third-order valence-electron chi connectivity index (χ3n) is 8.17. The van der Waals surface area contributed by atoms with E-state index < -0.39 is 10.0 Å². The van der Waals surface area contributed by atoms with Gasteiger partial charge in [-0.15, -0.1) is 0 Å². The first-order valence-corrected chi connectivity index (χ1v) is 12.7. The second-order valence-electron chi connectivity index (χ2n) is 10.1. The Labute approximate surface area is 174 Å². The van der Waals surface area contributed by atoms with Crippen LogP contribution < -0.4 is 5.32 Å². The Balaban J connectivity index is 1.28. The molecule has 29 heavy (non-hydrogen) atoms. The summed E-state index contributed by atoms with van der Waals surface area (Å²) < 4.78 is 26.9. The van der Waals surface area contributed by atoms with Crippen LogP contribution in [0.25, 0.3) is 0 Å². The van der Waals surface area contributed by atoms with Gasteiger partial charge >= 0.3 is 0 Å². The summed E-state index contributed by atoms with van der Waals surface area (Å²) in [6, 6.07) is 6.64. The van der Waals surface area contributed by atoms with Gasteiger partial charge in [-0.3, -0.25) is 4.79 Å². The fourth-order valence-corrected chi connectivity index (χ4v) is 8.51. The molecule has 6 heteroatoms. The van der Waals surface area contributed by atoms with Crippen LogP contribution in [0.2, 0.25) is 0 Å². The number of nitrogens with one attached hydrogen (secondary N) is 1. The number of nitrogens with zero attached hydrogens (tertiary/aromatic N) is 1. The van der Waals surface area contributed by atoms with Crippen molar-refractivity contribution in [1.29, 1.82) is 0 Å². The molecule has 4 bridgehead atoms. The molecule has 0 unspecified atom stereocenters. The van der Waals surface area contributed by atoms with Crippen LogP contribution in [0.4, 0.5) is 0 Å². The molecule has 0 spiro atoms. The van der Waals surface area contributed by atoms with E-state index in [1.807, 2.05) is 0 Å². The second-order valence-corrected chi connectivity index (χ2v) is 12.0. The minimum Gasteiger partial charge on any atom is -0.349 e. The van der Waals surface area contributed by atoms with Gasteiger partial charge in [-0.1, -0.05) is 0 Å². The molecular formula is C23H32N2O3S. The molecule has 1 N–H and O–H groups in total. The molecule has 1 saturated heterocycles. The van der Waals surface area contributed by atoms with Gasteiger partial charge in [0.05, 0.1) is 4.90 Å². The largest absolute Gasteiger partial charge is 0.349 e. The molecule has 158 valence electrons. The highest BCUT2D eigenvalue weighted by Gasteiger charge is 2.53. The lowest BCUT2D eigenvalue weighted by atomic mass is 9.48. The number of hydrogen-bond acceptors (Lipinski definition) is 3. The van der Waals surface area contributed by atoms with Crippen molar-refractivity contribution in [3.8, 4) is 0 Å². The van der Waals surface area contributed by atoms with Crippen LogP contribution in [-0.2, 0) is 10.0 Å². The topological polar surface area (TPSA) is 66.5 Å². The Hall–Kier alpha value is -1.40. The molecule has 4 aliphatic carbocycles. The molecular weight excluding hydrogens is 384 g/mol. The number of benzene rings is 1. The maximum Gasteiger partial charge on any atom is 0.251 e. The predicted molar refractivity (Wildman–Crippen MR) is 112 cm³/mol. The average molecular weight is 417 g/mol. The van der Waals surface area contributed by atoms with Gasteiger partial charge in [-0.2, -0.15) is 4.31 Å². The van der Waals surface area contributed by atoms with Crippen molar-refractivity contribution in [3.05, 3.63) is 29.8 Å². The standard InChI is InChI=1S/C23H32N2O3S/c1-16(23-13-17-10-18(14-23)12-19(11-17)15-23)24-22(26)20-4-6-21(7-5-20)29(27,28)25-8-2-3-9-25/h4-7,16-19H,2-3,8-15H2,1H3,(H,24,26)/t16-,17?,18?,19?,23?/m1/s1. The summed E-state index contributed by atoms with van der Waals surface area (Å²) in [4.78, 5) is 13.2. The second kappa shape index (κ2) is 7.09. The van der Waals surface area contributed by atoms with Crippen LogP contribution in [0.15, 0.2) is 29.2 Å². The number of sulfonamides is 1. The zero-order valence-corrected chi connectivity index (χ0v) is 18.1. The van der Waals surface area contributed by atoms with Crippen LogP contribution in [0.1, 0.15) is 68.6 Å². The molecule has 1 atom stereocenters. The van der Waals surface area contributed by atoms with Gasteiger partial charge in [-0.25, -0.2) is 8.42 Å². The van der Waals surface area contributed by atoms with E-state index in [2.05, 4.69) is 12.2 Å². The van der Waals surface area contributed by atoms with Crippen molar-refractivity contribution in [3.63, 3.8) is 0 Å². The number of carbonyl (C=O) groups is 1. The van der Waals surface area contributed by atoms with E-state index in [1.54, 1.807) is 24.3 Å². The van der Waals surface area contributed by atoms with Crippen molar-refractivity contribution in [1.82, 2.24) is 9.62 Å². The normalized spacial score (nSPS) is 35.0. The smallest absolute Gasteiger partial charge is 0.251 e. The van der Waals surface area contributed by atoms with Crippen molar-refractivity contribution >= 4 is 15.9 Å². The van der Waals surface area contributed by atoms with E-state index in [0.717, 1.165) is 30.6 Å².